The topological polar surface area (TPSA) is 99.2 Å². The van der Waals surface area contributed by atoms with Crippen molar-refractivity contribution in [3.8, 4) is 5.69 Å². The van der Waals surface area contributed by atoms with Crippen molar-refractivity contribution in [1.82, 2.24) is 9.78 Å². The van der Waals surface area contributed by atoms with Crippen LogP contribution in [0.3, 0.4) is 0 Å². The largest absolute Gasteiger partial charge is 0.461 e. The molecule has 0 spiro atoms. The van der Waals surface area contributed by atoms with Gasteiger partial charge in [-0.25, -0.2) is 9.48 Å². The molecule has 0 radical (unpaired) electrons. The van der Waals surface area contributed by atoms with Crippen molar-refractivity contribution in [3.05, 3.63) is 71.9 Å². The van der Waals surface area contributed by atoms with Crippen LogP contribution in [0.15, 0.2) is 60.7 Å². The van der Waals surface area contributed by atoms with Gasteiger partial charge < -0.3 is 15.8 Å². The summed E-state index contributed by atoms with van der Waals surface area (Å²) >= 11 is 0. The highest BCUT2D eigenvalue weighted by molar-refractivity contribution is 6.13. The highest BCUT2D eigenvalue weighted by Crippen LogP contribution is 2.23. The third-order valence-corrected chi connectivity index (χ3v) is 3.65. The number of nitrogen functional groups attached to an aromatic ring is 1. The highest BCUT2D eigenvalue weighted by Gasteiger charge is 2.28. The molecule has 3 aromatic rings. The van der Waals surface area contributed by atoms with Gasteiger partial charge in [-0.3, -0.25) is 4.79 Å². The summed E-state index contributed by atoms with van der Waals surface area (Å²) in [7, 11) is 0. The summed E-state index contributed by atoms with van der Waals surface area (Å²) in [6, 6.07) is 17.9. The molecule has 0 aliphatic carbocycles. The Morgan fingerprint density at radius 1 is 1.08 bits per heavy atom. The Labute approximate surface area is 150 Å². The van der Waals surface area contributed by atoms with E-state index in [1.165, 1.54) is 4.68 Å². The van der Waals surface area contributed by atoms with Gasteiger partial charge in [0.2, 0.25) is 0 Å². The Morgan fingerprint density at radius 3 is 2.31 bits per heavy atom. The fourth-order valence-corrected chi connectivity index (χ4v) is 2.48. The molecule has 1 amide bonds. The van der Waals surface area contributed by atoms with Gasteiger partial charge in [0.05, 0.1) is 12.3 Å². The minimum atomic E-state index is -0.702. The number of nitrogens with zero attached hydrogens (tertiary/aromatic N) is 2. The number of rotatable bonds is 5. The van der Waals surface area contributed by atoms with Crippen LogP contribution in [-0.2, 0) is 4.74 Å². The Morgan fingerprint density at radius 2 is 1.69 bits per heavy atom. The number of hydrogen-bond acceptors (Lipinski definition) is 5. The summed E-state index contributed by atoms with van der Waals surface area (Å²) in [4.78, 5) is 25.0. The van der Waals surface area contributed by atoms with Gasteiger partial charge in [-0.05, 0) is 31.2 Å². The van der Waals surface area contributed by atoms with Crippen LogP contribution in [0.2, 0.25) is 0 Å². The van der Waals surface area contributed by atoms with Crippen LogP contribution in [0.5, 0.6) is 0 Å². The first kappa shape index (κ1) is 17.2. The van der Waals surface area contributed by atoms with E-state index in [9.17, 15) is 9.59 Å². The Hall–Kier alpha value is -3.61. The molecule has 0 saturated carbocycles. The van der Waals surface area contributed by atoms with Gasteiger partial charge >= 0.3 is 5.97 Å². The first-order chi connectivity index (χ1) is 12.6. The second-order valence-corrected chi connectivity index (χ2v) is 5.40. The molecule has 2 aromatic carbocycles. The van der Waals surface area contributed by atoms with Crippen molar-refractivity contribution in [3.63, 3.8) is 0 Å². The smallest absolute Gasteiger partial charge is 0.359 e. The van der Waals surface area contributed by atoms with Crippen LogP contribution in [-0.4, -0.2) is 28.3 Å². The van der Waals surface area contributed by atoms with E-state index in [0.717, 1.165) is 0 Å². The Bertz CT molecular complexity index is 921. The second kappa shape index (κ2) is 7.52. The Kier molecular flexibility index (Phi) is 4.98. The summed E-state index contributed by atoms with van der Waals surface area (Å²) in [5.41, 5.74) is 7.23. The van der Waals surface area contributed by atoms with E-state index in [2.05, 4.69) is 10.4 Å². The predicted molar refractivity (Wildman–Crippen MR) is 98.3 cm³/mol. The molecule has 0 atom stereocenters. The van der Waals surface area contributed by atoms with Crippen LogP contribution in [0.1, 0.15) is 27.8 Å². The van der Waals surface area contributed by atoms with Crippen molar-refractivity contribution in [2.75, 3.05) is 17.7 Å². The van der Waals surface area contributed by atoms with E-state index in [0.29, 0.717) is 11.4 Å². The number of nitrogens with two attached hydrogens (primary N) is 1. The molecule has 0 unspecified atom stereocenters. The number of aromatic nitrogens is 2. The van der Waals surface area contributed by atoms with Gasteiger partial charge in [0.15, 0.2) is 5.69 Å². The number of amides is 1. The lowest BCUT2D eigenvalue weighted by atomic mass is 10.2. The minimum Gasteiger partial charge on any atom is -0.461 e. The molecule has 1 heterocycles. The maximum absolute atomic E-state index is 12.8. The number of anilines is 2. The zero-order valence-electron chi connectivity index (χ0n) is 14.2. The molecule has 0 bridgehead atoms. The molecule has 132 valence electrons. The molecule has 7 heteroatoms. The predicted octanol–water partition coefficient (Wildman–Crippen LogP) is 2.88. The number of esters is 1. The molecule has 0 fully saturated rings. The van der Waals surface area contributed by atoms with Gasteiger partial charge in [0, 0.05) is 5.69 Å². The van der Waals surface area contributed by atoms with E-state index >= 15 is 0 Å². The van der Waals surface area contributed by atoms with Crippen molar-refractivity contribution in [1.29, 1.82) is 0 Å². The molecule has 0 aliphatic rings. The molecule has 3 rings (SSSR count). The first-order valence-electron chi connectivity index (χ1n) is 8.09. The third kappa shape index (κ3) is 3.41. The van der Waals surface area contributed by atoms with Crippen LogP contribution >= 0.6 is 0 Å². The SMILES string of the molecule is CCOC(=O)c1nn(-c2ccccc2)c(N)c1C(=O)Nc1ccccc1. The second-order valence-electron chi connectivity index (χ2n) is 5.40. The highest BCUT2D eigenvalue weighted by atomic mass is 16.5. The fourth-order valence-electron chi connectivity index (χ4n) is 2.48. The first-order valence-corrected chi connectivity index (χ1v) is 8.09. The molecule has 26 heavy (non-hydrogen) atoms. The van der Waals surface area contributed by atoms with Crippen molar-refractivity contribution in [2.45, 2.75) is 6.92 Å². The van der Waals surface area contributed by atoms with Crippen LogP contribution in [0, 0.1) is 0 Å². The van der Waals surface area contributed by atoms with Crippen LogP contribution < -0.4 is 11.1 Å². The standard InChI is InChI=1S/C19H18N4O3/c1-2-26-19(25)16-15(18(24)21-13-9-5-3-6-10-13)17(20)23(22-16)14-11-7-4-8-12-14/h3-12H,2,20H2,1H3,(H,21,24). The molecule has 0 aliphatic heterocycles. The van der Waals surface area contributed by atoms with Gasteiger partial charge in [-0.15, -0.1) is 0 Å². The Balaban J connectivity index is 2.05. The molecule has 3 N–H and O–H groups in total. The summed E-state index contributed by atoms with van der Waals surface area (Å²) in [6.07, 6.45) is 0. The molecular weight excluding hydrogens is 332 g/mol. The monoisotopic (exact) mass is 350 g/mol. The van der Waals surface area contributed by atoms with Gasteiger partial charge in [-0.1, -0.05) is 36.4 Å². The van der Waals surface area contributed by atoms with E-state index in [1.807, 2.05) is 24.3 Å². The zero-order chi connectivity index (χ0) is 18.5. The lowest BCUT2D eigenvalue weighted by molar-refractivity contribution is 0.0516. The molecule has 0 saturated heterocycles. The maximum Gasteiger partial charge on any atom is 0.359 e. The van der Waals surface area contributed by atoms with E-state index < -0.39 is 11.9 Å². The number of benzene rings is 2. The van der Waals surface area contributed by atoms with Crippen molar-refractivity contribution in [2.24, 2.45) is 0 Å². The lowest BCUT2D eigenvalue weighted by Crippen LogP contribution is -2.18. The van der Waals surface area contributed by atoms with Gasteiger partial charge in [-0.2, -0.15) is 5.10 Å². The lowest BCUT2D eigenvalue weighted by Gasteiger charge is -2.06. The minimum absolute atomic E-state index is 0.0174. The number of para-hydroxylation sites is 2. The number of carbonyl (C=O) groups excluding carboxylic acids is 2. The summed E-state index contributed by atoms with van der Waals surface area (Å²) in [5.74, 6) is -1.17. The van der Waals surface area contributed by atoms with E-state index in [4.69, 9.17) is 10.5 Å². The summed E-state index contributed by atoms with van der Waals surface area (Å²) in [5, 5.41) is 6.94. The van der Waals surface area contributed by atoms with Crippen molar-refractivity contribution >= 4 is 23.4 Å². The van der Waals surface area contributed by atoms with E-state index in [1.54, 1.807) is 43.3 Å². The maximum atomic E-state index is 12.8. The average Bonchev–Trinajstić information content (AvgIpc) is 3.01. The van der Waals surface area contributed by atoms with E-state index in [-0.39, 0.29) is 23.7 Å². The van der Waals surface area contributed by atoms with Crippen molar-refractivity contribution < 1.29 is 14.3 Å². The van der Waals surface area contributed by atoms with Gasteiger partial charge in [0.25, 0.3) is 5.91 Å². The summed E-state index contributed by atoms with van der Waals surface area (Å²) in [6.45, 7) is 1.84. The quantitative estimate of drug-likeness (QED) is 0.689. The number of nitrogens with one attached hydrogen (secondary N) is 1. The molecular formula is C19H18N4O3. The number of carbonyl (C=O) groups is 2. The number of ether oxygens (including phenoxy) is 1. The average molecular weight is 350 g/mol. The normalized spacial score (nSPS) is 10.3. The fraction of sp³-hybridized carbons (Fsp3) is 0.105. The molecule has 1 aromatic heterocycles. The number of hydrogen-bond donors (Lipinski definition) is 2. The van der Waals surface area contributed by atoms with Crippen LogP contribution in [0.25, 0.3) is 5.69 Å². The third-order valence-electron chi connectivity index (χ3n) is 3.65. The van der Waals surface area contributed by atoms with Gasteiger partial charge in [0.1, 0.15) is 11.4 Å². The van der Waals surface area contributed by atoms with Crippen LogP contribution in [0.4, 0.5) is 11.5 Å². The molecule has 7 nitrogen and oxygen atoms in total. The summed E-state index contributed by atoms with van der Waals surface area (Å²) < 4.78 is 6.38. The zero-order valence-corrected chi connectivity index (χ0v) is 14.2.